The van der Waals surface area contributed by atoms with Crippen LogP contribution in [0.15, 0.2) is 30.0 Å². The lowest BCUT2D eigenvalue weighted by Gasteiger charge is -2.14. The lowest BCUT2D eigenvalue weighted by Crippen LogP contribution is -2.28. The summed E-state index contributed by atoms with van der Waals surface area (Å²) < 4.78 is 9.80. The van der Waals surface area contributed by atoms with E-state index < -0.39 is 11.9 Å². The van der Waals surface area contributed by atoms with E-state index in [2.05, 4.69) is 15.4 Å². The monoisotopic (exact) mass is 292 g/mol. The summed E-state index contributed by atoms with van der Waals surface area (Å²) >= 11 is 0. The van der Waals surface area contributed by atoms with E-state index >= 15 is 0 Å². The van der Waals surface area contributed by atoms with Crippen LogP contribution in [0.4, 0.5) is 5.69 Å². The minimum absolute atomic E-state index is 0.0904. The van der Waals surface area contributed by atoms with Gasteiger partial charge in [-0.2, -0.15) is 0 Å². The van der Waals surface area contributed by atoms with Gasteiger partial charge in [-0.1, -0.05) is 6.07 Å². The molecule has 0 aromatic heterocycles. The van der Waals surface area contributed by atoms with E-state index in [1.807, 2.05) is 19.1 Å². The zero-order chi connectivity index (χ0) is 15.8. The first-order valence-electron chi connectivity index (χ1n) is 6.51. The number of carbonyl (C=O) groups excluding carboxylic acids is 2. The van der Waals surface area contributed by atoms with Crippen molar-refractivity contribution in [3.8, 4) is 5.75 Å². The number of likely N-dealkylation sites (N-methyl/N-ethyl adjacent to an activating group) is 1. The normalized spacial score (nSPS) is 10.8. The van der Waals surface area contributed by atoms with Gasteiger partial charge in [0.2, 0.25) is 0 Å². The molecule has 1 amide bonds. The zero-order valence-corrected chi connectivity index (χ0v) is 12.6. The average Bonchev–Trinajstić information content (AvgIpc) is 2.46. The summed E-state index contributed by atoms with van der Waals surface area (Å²) in [7, 11) is 2.78. The lowest BCUT2D eigenvalue weighted by atomic mass is 10.2. The molecule has 0 fully saturated rings. The second-order valence-electron chi connectivity index (χ2n) is 4.27. The van der Waals surface area contributed by atoms with Crippen molar-refractivity contribution >= 4 is 17.6 Å². The number of hydrogen-bond acceptors (Lipinski definition) is 5. The van der Waals surface area contributed by atoms with E-state index in [4.69, 9.17) is 4.74 Å². The Kier molecular flexibility index (Phi) is 6.26. The molecule has 6 nitrogen and oxygen atoms in total. The molecule has 0 saturated carbocycles. The summed E-state index contributed by atoms with van der Waals surface area (Å²) in [6.07, 6.45) is 1.10. The van der Waals surface area contributed by atoms with Gasteiger partial charge in [0.25, 0.3) is 5.91 Å². The van der Waals surface area contributed by atoms with Crippen molar-refractivity contribution in [3.63, 3.8) is 0 Å². The minimum atomic E-state index is -0.615. The average molecular weight is 292 g/mol. The first-order valence-corrected chi connectivity index (χ1v) is 6.51. The number of methoxy groups -OCH3 is 2. The van der Waals surface area contributed by atoms with Crippen LogP contribution in [-0.4, -0.2) is 32.6 Å². The molecule has 114 valence electrons. The largest absolute Gasteiger partial charge is 0.495 e. The standard InChI is InChI=1S/C15H20N2O4/c1-5-16-15(19)12(9-14(18)21-4)17-11-8-10(2)6-7-13(11)20-3/h6-9,17H,5H2,1-4H3,(H,16,19)/b12-9-. The highest BCUT2D eigenvalue weighted by Crippen LogP contribution is 2.26. The number of carbonyl (C=O) groups is 2. The summed E-state index contributed by atoms with van der Waals surface area (Å²) in [5, 5.41) is 5.54. The van der Waals surface area contributed by atoms with Gasteiger partial charge in [-0.25, -0.2) is 4.79 Å². The smallest absolute Gasteiger partial charge is 0.332 e. The predicted octanol–water partition coefficient (Wildman–Crippen LogP) is 1.61. The molecule has 1 aromatic rings. The van der Waals surface area contributed by atoms with Crippen LogP contribution in [-0.2, 0) is 14.3 Å². The van der Waals surface area contributed by atoms with E-state index in [-0.39, 0.29) is 5.70 Å². The van der Waals surface area contributed by atoms with Crippen molar-refractivity contribution in [2.24, 2.45) is 0 Å². The molecule has 0 spiro atoms. The maximum atomic E-state index is 12.0. The van der Waals surface area contributed by atoms with Crippen molar-refractivity contribution in [2.45, 2.75) is 13.8 Å². The van der Waals surface area contributed by atoms with Gasteiger partial charge in [0, 0.05) is 6.54 Å². The zero-order valence-electron chi connectivity index (χ0n) is 12.6. The van der Waals surface area contributed by atoms with Crippen LogP contribution in [0.3, 0.4) is 0 Å². The van der Waals surface area contributed by atoms with Crippen LogP contribution in [0.2, 0.25) is 0 Å². The van der Waals surface area contributed by atoms with Crippen LogP contribution in [0.1, 0.15) is 12.5 Å². The van der Waals surface area contributed by atoms with Crippen LogP contribution in [0.25, 0.3) is 0 Å². The molecule has 6 heteroatoms. The summed E-state index contributed by atoms with van der Waals surface area (Å²) in [6, 6.07) is 5.49. The molecular weight excluding hydrogens is 272 g/mol. The van der Waals surface area contributed by atoms with E-state index in [9.17, 15) is 9.59 Å². The number of nitrogens with one attached hydrogen (secondary N) is 2. The molecule has 0 unspecified atom stereocenters. The van der Waals surface area contributed by atoms with E-state index in [1.54, 1.807) is 13.0 Å². The van der Waals surface area contributed by atoms with E-state index in [0.717, 1.165) is 11.6 Å². The highest BCUT2D eigenvalue weighted by Gasteiger charge is 2.14. The highest BCUT2D eigenvalue weighted by molar-refractivity contribution is 6.02. The third kappa shape index (κ3) is 4.83. The number of esters is 1. The number of ether oxygens (including phenoxy) is 2. The molecule has 0 bridgehead atoms. The second kappa shape index (κ2) is 7.94. The first-order chi connectivity index (χ1) is 10.0. The molecule has 0 aliphatic rings. The number of rotatable bonds is 6. The number of benzene rings is 1. The third-order valence-corrected chi connectivity index (χ3v) is 2.67. The Bertz CT molecular complexity index is 553. The van der Waals surface area contributed by atoms with Gasteiger partial charge in [-0.05, 0) is 31.5 Å². The van der Waals surface area contributed by atoms with Crippen molar-refractivity contribution in [1.29, 1.82) is 0 Å². The molecule has 2 N–H and O–H groups in total. The predicted molar refractivity (Wildman–Crippen MR) is 80.1 cm³/mol. The van der Waals surface area contributed by atoms with Crippen LogP contribution in [0.5, 0.6) is 5.75 Å². The Morgan fingerprint density at radius 1 is 1.29 bits per heavy atom. The van der Waals surface area contributed by atoms with E-state index in [0.29, 0.717) is 18.0 Å². The number of anilines is 1. The first kappa shape index (κ1) is 16.6. The molecule has 1 aromatic carbocycles. The van der Waals surface area contributed by atoms with Crippen LogP contribution >= 0.6 is 0 Å². The molecule has 0 atom stereocenters. The van der Waals surface area contributed by atoms with Crippen molar-refractivity contribution < 1.29 is 19.1 Å². The van der Waals surface area contributed by atoms with Gasteiger partial charge < -0.3 is 20.1 Å². The fourth-order valence-corrected chi connectivity index (χ4v) is 1.66. The Hall–Kier alpha value is -2.50. The Morgan fingerprint density at radius 2 is 2.00 bits per heavy atom. The van der Waals surface area contributed by atoms with Crippen LogP contribution < -0.4 is 15.4 Å². The van der Waals surface area contributed by atoms with Gasteiger partial charge in [0.15, 0.2) is 0 Å². The maximum Gasteiger partial charge on any atom is 0.332 e. The van der Waals surface area contributed by atoms with Crippen molar-refractivity contribution in [1.82, 2.24) is 5.32 Å². The maximum absolute atomic E-state index is 12.0. The summed E-state index contributed by atoms with van der Waals surface area (Å²) in [5.74, 6) is -0.442. The Balaban J connectivity index is 3.11. The van der Waals surface area contributed by atoms with Gasteiger partial charge in [0.05, 0.1) is 26.0 Å². The van der Waals surface area contributed by atoms with Crippen LogP contribution in [0, 0.1) is 6.92 Å². The van der Waals surface area contributed by atoms with Gasteiger partial charge in [0.1, 0.15) is 11.4 Å². The molecule has 1 rings (SSSR count). The van der Waals surface area contributed by atoms with Crippen molar-refractivity contribution in [3.05, 3.63) is 35.5 Å². The summed E-state index contributed by atoms with van der Waals surface area (Å²) in [6.45, 7) is 4.16. The van der Waals surface area contributed by atoms with Gasteiger partial charge >= 0.3 is 5.97 Å². The van der Waals surface area contributed by atoms with Gasteiger partial charge in [-0.3, -0.25) is 4.79 Å². The number of amides is 1. The fraction of sp³-hybridized carbons (Fsp3) is 0.333. The third-order valence-electron chi connectivity index (χ3n) is 2.67. The molecule has 0 saturated heterocycles. The lowest BCUT2D eigenvalue weighted by molar-refractivity contribution is -0.135. The molecule has 21 heavy (non-hydrogen) atoms. The molecular formula is C15H20N2O4. The highest BCUT2D eigenvalue weighted by atomic mass is 16.5. The quantitative estimate of drug-likeness (QED) is 0.615. The summed E-state index contributed by atoms with van der Waals surface area (Å²) in [4.78, 5) is 23.4. The van der Waals surface area contributed by atoms with Crippen molar-refractivity contribution in [2.75, 3.05) is 26.1 Å². The topological polar surface area (TPSA) is 76.7 Å². The molecule has 0 aliphatic heterocycles. The Morgan fingerprint density at radius 3 is 2.57 bits per heavy atom. The minimum Gasteiger partial charge on any atom is -0.495 e. The van der Waals surface area contributed by atoms with Gasteiger partial charge in [-0.15, -0.1) is 0 Å². The number of hydrogen-bond donors (Lipinski definition) is 2. The Labute approximate surface area is 124 Å². The second-order valence-corrected chi connectivity index (χ2v) is 4.27. The number of aryl methyl sites for hydroxylation is 1. The SMILES string of the molecule is CCNC(=O)/C(=C/C(=O)OC)Nc1cc(C)ccc1OC. The fourth-order valence-electron chi connectivity index (χ4n) is 1.66. The summed E-state index contributed by atoms with van der Waals surface area (Å²) in [5.41, 5.74) is 1.68. The van der Waals surface area contributed by atoms with E-state index in [1.165, 1.54) is 14.2 Å². The molecule has 0 aliphatic carbocycles. The molecule has 0 radical (unpaired) electrons. The molecule has 0 heterocycles.